The van der Waals surface area contributed by atoms with Gasteiger partial charge in [-0.2, -0.15) is 0 Å². The number of carbonyl (C=O) groups is 2. The number of aryl methyl sites for hydroxylation is 1. The summed E-state index contributed by atoms with van der Waals surface area (Å²) in [6.07, 6.45) is 3.72. The summed E-state index contributed by atoms with van der Waals surface area (Å²) in [4.78, 5) is 31.3. The maximum Gasteiger partial charge on any atom is 0.322 e. The van der Waals surface area contributed by atoms with E-state index >= 15 is 0 Å². The fourth-order valence-electron chi connectivity index (χ4n) is 5.21. The first-order chi connectivity index (χ1) is 19.5. The molecule has 1 atom stereocenters. The molecule has 1 aliphatic rings. The van der Waals surface area contributed by atoms with Gasteiger partial charge in [0, 0.05) is 12.7 Å². The van der Waals surface area contributed by atoms with Crippen LogP contribution < -0.4 is 15.0 Å². The Bertz CT molecular complexity index is 1480. The SMILES string of the molecule is CCCCN(CC(=O)N1c2ccccc2-n2cccc2[C@H]1c1ccc(C)cc1)C(=O)Nc1ccccc1OCC. The van der Waals surface area contributed by atoms with Gasteiger partial charge in [-0.1, -0.05) is 67.4 Å². The Morgan fingerprint density at radius 2 is 1.62 bits per heavy atom. The third kappa shape index (κ3) is 5.45. The Hall–Kier alpha value is -4.52. The highest BCUT2D eigenvalue weighted by atomic mass is 16.5. The summed E-state index contributed by atoms with van der Waals surface area (Å²) in [5.74, 6) is 0.458. The molecule has 40 heavy (non-hydrogen) atoms. The van der Waals surface area contributed by atoms with Crippen LogP contribution in [0.25, 0.3) is 5.69 Å². The minimum Gasteiger partial charge on any atom is -0.492 e. The monoisotopic (exact) mass is 536 g/mol. The number of para-hydroxylation sites is 4. The molecule has 2 heterocycles. The number of urea groups is 1. The zero-order valence-electron chi connectivity index (χ0n) is 23.3. The maximum absolute atomic E-state index is 14.3. The van der Waals surface area contributed by atoms with E-state index in [0.717, 1.165) is 41.0 Å². The first-order valence-corrected chi connectivity index (χ1v) is 13.9. The van der Waals surface area contributed by atoms with E-state index in [1.165, 1.54) is 0 Å². The van der Waals surface area contributed by atoms with Crippen LogP contribution in [0.3, 0.4) is 0 Å². The molecule has 5 rings (SSSR count). The number of ether oxygens (including phenoxy) is 1. The lowest BCUT2D eigenvalue weighted by Crippen LogP contribution is -2.48. The van der Waals surface area contributed by atoms with Gasteiger partial charge >= 0.3 is 6.03 Å². The van der Waals surface area contributed by atoms with Crippen molar-refractivity contribution in [3.8, 4) is 11.4 Å². The van der Waals surface area contributed by atoms with Gasteiger partial charge in [0.05, 0.1) is 29.4 Å². The summed E-state index contributed by atoms with van der Waals surface area (Å²) in [6, 6.07) is 27.0. The van der Waals surface area contributed by atoms with Gasteiger partial charge in [-0.05, 0) is 62.2 Å². The van der Waals surface area contributed by atoms with Crippen molar-refractivity contribution in [3.63, 3.8) is 0 Å². The summed E-state index contributed by atoms with van der Waals surface area (Å²) in [5.41, 5.74) is 5.52. The van der Waals surface area contributed by atoms with Crippen molar-refractivity contribution in [3.05, 3.63) is 108 Å². The van der Waals surface area contributed by atoms with Crippen molar-refractivity contribution in [2.75, 3.05) is 29.9 Å². The van der Waals surface area contributed by atoms with Crippen LogP contribution in [0, 0.1) is 6.92 Å². The predicted octanol–water partition coefficient (Wildman–Crippen LogP) is 6.95. The number of carbonyl (C=O) groups excluding carboxylic acids is 2. The molecule has 7 nitrogen and oxygen atoms in total. The average Bonchev–Trinajstić information content (AvgIpc) is 3.46. The van der Waals surface area contributed by atoms with Crippen LogP contribution in [0.15, 0.2) is 91.1 Å². The molecule has 4 aromatic rings. The Morgan fingerprint density at radius 3 is 2.38 bits per heavy atom. The topological polar surface area (TPSA) is 66.8 Å². The smallest absolute Gasteiger partial charge is 0.322 e. The normalized spacial score (nSPS) is 13.8. The lowest BCUT2D eigenvalue weighted by Gasteiger charge is -2.39. The predicted molar refractivity (Wildman–Crippen MR) is 159 cm³/mol. The van der Waals surface area contributed by atoms with Crippen LogP contribution >= 0.6 is 0 Å². The first kappa shape index (κ1) is 27.1. The molecule has 0 saturated heterocycles. The Balaban J connectivity index is 1.49. The van der Waals surface area contributed by atoms with Gasteiger partial charge < -0.3 is 19.5 Å². The molecule has 0 spiro atoms. The number of unbranched alkanes of at least 4 members (excludes halogenated alkanes) is 1. The van der Waals surface area contributed by atoms with E-state index in [4.69, 9.17) is 4.74 Å². The molecule has 0 unspecified atom stereocenters. The number of rotatable bonds is 9. The number of nitrogens with zero attached hydrogens (tertiary/aromatic N) is 3. The highest BCUT2D eigenvalue weighted by Gasteiger charge is 2.37. The molecule has 1 aromatic heterocycles. The fraction of sp³-hybridized carbons (Fsp3) is 0.273. The van der Waals surface area contributed by atoms with Crippen LogP contribution in [-0.2, 0) is 4.79 Å². The van der Waals surface area contributed by atoms with Crippen LogP contribution in [0.1, 0.15) is 49.6 Å². The molecule has 0 fully saturated rings. The number of fused-ring (bicyclic) bond motifs is 3. The molecule has 1 aliphatic heterocycles. The van der Waals surface area contributed by atoms with Crippen molar-refractivity contribution in [2.24, 2.45) is 0 Å². The summed E-state index contributed by atoms with van der Waals surface area (Å²) in [7, 11) is 0. The third-order valence-corrected chi connectivity index (χ3v) is 7.20. The van der Waals surface area contributed by atoms with E-state index in [2.05, 4.69) is 54.1 Å². The first-order valence-electron chi connectivity index (χ1n) is 13.9. The second-order valence-electron chi connectivity index (χ2n) is 10.0. The summed E-state index contributed by atoms with van der Waals surface area (Å²) < 4.78 is 7.85. The number of hydrogen-bond acceptors (Lipinski definition) is 3. The standard InChI is InChI=1S/C33H36N4O3/c1-4-6-21-35(33(39)34-26-12-7-10-16-30(26)40-5-2)23-31(38)37-28-14-9-8-13-27(28)36-22-11-15-29(36)32(37)25-19-17-24(3)18-20-25/h7-20,22,32H,4-6,21,23H2,1-3H3,(H,34,39)/t32-/m1/s1. The second kappa shape index (κ2) is 12.1. The van der Waals surface area contributed by atoms with Gasteiger partial charge in [0.25, 0.3) is 0 Å². The lowest BCUT2D eigenvalue weighted by atomic mass is 9.97. The van der Waals surface area contributed by atoms with Crippen LogP contribution in [0.4, 0.5) is 16.2 Å². The molecule has 1 N–H and O–H groups in total. The highest BCUT2D eigenvalue weighted by Crippen LogP contribution is 2.42. The quantitative estimate of drug-likeness (QED) is 0.252. The zero-order chi connectivity index (χ0) is 28.1. The molecule has 0 saturated carbocycles. The van der Waals surface area contributed by atoms with E-state index in [9.17, 15) is 9.59 Å². The largest absolute Gasteiger partial charge is 0.492 e. The van der Waals surface area contributed by atoms with E-state index in [0.29, 0.717) is 24.6 Å². The molecule has 206 valence electrons. The Kier molecular flexibility index (Phi) is 8.20. The summed E-state index contributed by atoms with van der Waals surface area (Å²) >= 11 is 0. The van der Waals surface area contributed by atoms with Gasteiger partial charge in [-0.25, -0.2) is 4.79 Å². The van der Waals surface area contributed by atoms with Gasteiger partial charge in [0.1, 0.15) is 18.3 Å². The molecule has 3 aromatic carbocycles. The molecule has 0 aliphatic carbocycles. The minimum atomic E-state index is -0.326. The van der Waals surface area contributed by atoms with E-state index in [-0.39, 0.29) is 24.5 Å². The van der Waals surface area contributed by atoms with Crippen molar-refractivity contribution in [2.45, 2.75) is 39.7 Å². The van der Waals surface area contributed by atoms with Crippen molar-refractivity contribution < 1.29 is 14.3 Å². The number of nitrogens with one attached hydrogen (secondary N) is 1. The molecule has 3 amide bonds. The van der Waals surface area contributed by atoms with Crippen LogP contribution in [0.5, 0.6) is 5.75 Å². The number of benzene rings is 3. The van der Waals surface area contributed by atoms with Crippen LogP contribution in [-0.4, -0.2) is 41.1 Å². The van der Waals surface area contributed by atoms with Gasteiger partial charge in [0.15, 0.2) is 0 Å². The van der Waals surface area contributed by atoms with Gasteiger partial charge in [0.2, 0.25) is 5.91 Å². The minimum absolute atomic E-state index is 0.0555. The zero-order valence-corrected chi connectivity index (χ0v) is 23.3. The van der Waals surface area contributed by atoms with Crippen molar-refractivity contribution in [1.82, 2.24) is 9.47 Å². The Morgan fingerprint density at radius 1 is 0.900 bits per heavy atom. The Labute approximate surface area is 236 Å². The lowest BCUT2D eigenvalue weighted by molar-refractivity contribution is -0.119. The third-order valence-electron chi connectivity index (χ3n) is 7.20. The fourth-order valence-corrected chi connectivity index (χ4v) is 5.21. The van der Waals surface area contributed by atoms with E-state index < -0.39 is 0 Å². The summed E-state index contributed by atoms with van der Waals surface area (Å²) in [5, 5.41) is 2.98. The van der Waals surface area contributed by atoms with Crippen LogP contribution in [0.2, 0.25) is 0 Å². The van der Waals surface area contributed by atoms with Crippen molar-refractivity contribution >= 4 is 23.3 Å². The van der Waals surface area contributed by atoms with E-state index in [1.807, 2.05) is 72.6 Å². The number of anilines is 2. The molecular weight excluding hydrogens is 500 g/mol. The molecule has 0 bridgehead atoms. The maximum atomic E-state index is 14.3. The molecule has 7 heteroatoms. The average molecular weight is 537 g/mol. The van der Waals surface area contributed by atoms with Gasteiger partial charge in [-0.15, -0.1) is 0 Å². The highest BCUT2D eigenvalue weighted by molar-refractivity contribution is 6.01. The van der Waals surface area contributed by atoms with Crippen molar-refractivity contribution in [1.29, 1.82) is 0 Å². The number of hydrogen-bond donors (Lipinski definition) is 1. The van der Waals surface area contributed by atoms with E-state index in [1.54, 1.807) is 4.90 Å². The molecule has 0 radical (unpaired) electrons. The second-order valence-corrected chi connectivity index (χ2v) is 10.0. The summed E-state index contributed by atoms with van der Waals surface area (Å²) in [6.45, 7) is 6.93. The number of aromatic nitrogens is 1. The van der Waals surface area contributed by atoms with Gasteiger partial charge in [-0.3, -0.25) is 9.69 Å². The number of amides is 3. The molecular formula is C33H36N4O3.